The monoisotopic (exact) mass is 425 g/mol. The molecule has 32 heavy (non-hydrogen) atoms. The SMILES string of the molecule is Cc1cc2c(C=CC(=O)O)cccc2n1C(=O)c1ccc(OCCc2ccccc2)cc1. The molecule has 0 aliphatic heterocycles. The summed E-state index contributed by atoms with van der Waals surface area (Å²) in [6, 6.07) is 24.7. The fourth-order valence-electron chi connectivity index (χ4n) is 3.72. The molecule has 4 aromatic rings. The summed E-state index contributed by atoms with van der Waals surface area (Å²) >= 11 is 0. The van der Waals surface area contributed by atoms with Gasteiger partial charge in [0.15, 0.2) is 0 Å². The summed E-state index contributed by atoms with van der Waals surface area (Å²) in [7, 11) is 0. The van der Waals surface area contributed by atoms with Crippen LogP contribution in [0.4, 0.5) is 0 Å². The number of rotatable bonds is 7. The van der Waals surface area contributed by atoms with Crippen LogP contribution in [0, 0.1) is 6.92 Å². The number of hydrogen-bond donors (Lipinski definition) is 1. The van der Waals surface area contributed by atoms with Crippen molar-refractivity contribution in [2.75, 3.05) is 6.61 Å². The number of carbonyl (C=O) groups excluding carboxylic acids is 1. The van der Waals surface area contributed by atoms with Gasteiger partial charge in [-0.15, -0.1) is 0 Å². The van der Waals surface area contributed by atoms with Gasteiger partial charge in [0.05, 0.1) is 12.1 Å². The zero-order valence-electron chi connectivity index (χ0n) is 17.7. The molecular weight excluding hydrogens is 402 g/mol. The van der Waals surface area contributed by atoms with E-state index in [1.807, 2.05) is 49.4 Å². The van der Waals surface area contributed by atoms with E-state index in [9.17, 15) is 9.59 Å². The summed E-state index contributed by atoms with van der Waals surface area (Å²) in [5.41, 5.74) is 4.04. The number of benzene rings is 3. The summed E-state index contributed by atoms with van der Waals surface area (Å²) in [6.45, 7) is 2.43. The van der Waals surface area contributed by atoms with Gasteiger partial charge in [-0.05, 0) is 60.5 Å². The Morgan fingerprint density at radius 2 is 1.72 bits per heavy atom. The molecule has 0 unspecified atom stereocenters. The Hall–Kier alpha value is -4.12. The van der Waals surface area contributed by atoms with Crippen LogP contribution in [0.2, 0.25) is 0 Å². The lowest BCUT2D eigenvalue weighted by Crippen LogP contribution is -2.13. The zero-order valence-corrected chi connectivity index (χ0v) is 17.7. The summed E-state index contributed by atoms with van der Waals surface area (Å²) in [5, 5.41) is 9.75. The smallest absolute Gasteiger partial charge is 0.328 e. The Morgan fingerprint density at radius 1 is 0.969 bits per heavy atom. The maximum atomic E-state index is 13.2. The van der Waals surface area contributed by atoms with Gasteiger partial charge in [0, 0.05) is 29.1 Å². The third-order valence-electron chi connectivity index (χ3n) is 5.28. The highest BCUT2D eigenvalue weighted by Crippen LogP contribution is 2.26. The lowest BCUT2D eigenvalue weighted by Gasteiger charge is -2.09. The van der Waals surface area contributed by atoms with Gasteiger partial charge in [-0.25, -0.2) is 4.79 Å². The van der Waals surface area contributed by atoms with Crippen LogP contribution in [-0.4, -0.2) is 28.2 Å². The van der Waals surface area contributed by atoms with Gasteiger partial charge < -0.3 is 9.84 Å². The number of nitrogens with zero attached hydrogens (tertiary/aromatic N) is 1. The first kappa shape index (κ1) is 21.1. The van der Waals surface area contributed by atoms with E-state index in [4.69, 9.17) is 9.84 Å². The van der Waals surface area contributed by atoms with Crippen LogP contribution in [0.25, 0.3) is 17.0 Å². The van der Waals surface area contributed by atoms with E-state index in [2.05, 4.69) is 12.1 Å². The second kappa shape index (κ2) is 9.35. The van der Waals surface area contributed by atoms with Crippen molar-refractivity contribution in [1.29, 1.82) is 0 Å². The fourth-order valence-corrected chi connectivity index (χ4v) is 3.72. The van der Waals surface area contributed by atoms with Crippen molar-refractivity contribution in [1.82, 2.24) is 4.57 Å². The summed E-state index contributed by atoms with van der Waals surface area (Å²) in [6.07, 6.45) is 3.45. The topological polar surface area (TPSA) is 68.5 Å². The molecule has 5 heteroatoms. The van der Waals surface area contributed by atoms with Gasteiger partial charge in [0.2, 0.25) is 0 Å². The minimum atomic E-state index is -1.01. The average Bonchev–Trinajstić information content (AvgIpc) is 3.14. The van der Waals surface area contributed by atoms with Crippen LogP contribution in [0.3, 0.4) is 0 Å². The molecule has 0 amide bonds. The van der Waals surface area contributed by atoms with Crippen molar-refractivity contribution >= 4 is 28.9 Å². The van der Waals surface area contributed by atoms with E-state index in [1.165, 1.54) is 5.56 Å². The second-order valence-electron chi connectivity index (χ2n) is 7.49. The Kier molecular flexibility index (Phi) is 6.17. The number of ether oxygens (including phenoxy) is 1. The molecule has 160 valence electrons. The van der Waals surface area contributed by atoms with Crippen LogP contribution >= 0.6 is 0 Å². The first-order valence-corrected chi connectivity index (χ1v) is 10.4. The molecule has 0 saturated carbocycles. The minimum Gasteiger partial charge on any atom is -0.493 e. The predicted molar refractivity (Wildman–Crippen MR) is 125 cm³/mol. The Labute approximate surface area is 186 Å². The highest BCUT2D eigenvalue weighted by atomic mass is 16.5. The number of carbonyl (C=O) groups is 2. The second-order valence-corrected chi connectivity index (χ2v) is 7.49. The molecule has 0 fully saturated rings. The molecule has 1 heterocycles. The molecule has 1 N–H and O–H groups in total. The number of aliphatic carboxylic acids is 1. The molecule has 3 aromatic carbocycles. The minimum absolute atomic E-state index is 0.146. The van der Waals surface area contributed by atoms with E-state index >= 15 is 0 Å². The van der Waals surface area contributed by atoms with Crippen LogP contribution in [0.15, 0.2) is 84.9 Å². The molecule has 0 bridgehead atoms. The van der Waals surface area contributed by atoms with Gasteiger partial charge in [0.1, 0.15) is 5.75 Å². The van der Waals surface area contributed by atoms with Gasteiger partial charge in [-0.2, -0.15) is 0 Å². The van der Waals surface area contributed by atoms with Gasteiger partial charge in [0.25, 0.3) is 5.91 Å². The summed E-state index contributed by atoms with van der Waals surface area (Å²) in [5.74, 6) is -0.444. The quantitative estimate of drug-likeness (QED) is 0.405. The van der Waals surface area contributed by atoms with Crippen molar-refractivity contribution in [3.05, 3.63) is 107 Å². The maximum absolute atomic E-state index is 13.2. The molecule has 1 aromatic heterocycles. The lowest BCUT2D eigenvalue weighted by molar-refractivity contribution is -0.131. The number of fused-ring (bicyclic) bond motifs is 1. The summed E-state index contributed by atoms with van der Waals surface area (Å²) < 4.78 is 7.47. The van der Waals surface area contributed by atoms with Crippen LogP contribution in [0.1, 0.15) is 27.2 Å². The molecule has 0 atom stereocenters. The van der Waals surface area contributed by atoms with Crippen LogP contribution in [-0.2, 0) is 11.2 Å². The van der Waals surface area contributed by atoms with Crippen molar-refractivity contribution in [3.8, 4) is 5.75 Å². The highest BCUT2D eigenvalue weighted by Gasteiger charge is 2.16. The molecule has 0 spiro atoms. The third kappa shape index (κ3) is 4.62. The molecule has 4 rings (SSSR count). The van der Waals surface area contributed by atoms with Crippen LogP contribution < -0.4 is 4.74 Å². The lowest BCUT2D eigenvalue weighted by atomic mass is 10.1. The predicted octanol–water partition coefficient (Wildman–Crippen LogP) is 5.36. The van der Waals surface area contributed by atoms with E-state index in [-0.39, 0.29) is 5.91 Å². The van der Waals surface area contributed by atoms with Crippen molar-refractivity contribution in [2.24, 2.45) is 0 Å². The Morgan fingerprint density at radius 3 is 2.44 bits per heavy atom. The zero-order chi connectivity index (χ0) is 22.5. The van der Waals surface area contributed by atoms with Crippen molar-refractivity contribution < 1.29 is 19.4 Å². The Bertz CT molecular complexity index is 1280. The largest absolute Gasteiger partial charge is 0.493 e. The number of hydrogen-bond acceptors (Lipinski definition) is 3. The van der Waals surface area contributed by atoms with Crippen LogP contribution in [0.5, 0.6) is 5.75 Å². The number of aromatic nitrogens is 1. The molecular formula is C27H23NO4. The molecule has 0 aliphatic rings. The molecule has 0 aliphatic carbocycles. The standard InChI is InChI=1S/C27H23NO4/c1-19-18-24-21(12-15-26(29)30)8-5-9-25(24)28(19)27(31)22-10-13-23(14-11-22)32-17-16-20-6-3-2-4-7-20/h2-15,18H,16-17H2,1H3,(H,29,30). The van der Waals surface area contributed by atoms with E-state index in [0.29, 0.717) is 17.9 Å². The molecule has 0 radical (unpaired) electrons. The number of carboxylic acids is 1. The first-order valence-electron chi connectivity index (χ1n) is 10.4. The average molecular weight is 425 g/mol. The van der Waals surface area contributed by atoms with Gasteiger partial charge >= 0.3 is 5.97 Å². The molecule has 0 saturated heterocycles. The fraction of sp³-hybridized carbons (Fsp3) is 0.111. The van der Waals surface area contributed by atoms with E-state index in [1.54, 1.807) is 34.9 Å². The molecule has 5 nitrogen and oxygen atoms in total. The Balaban J connectivity index is 1.52. The number of aryl methyl sites for hydroxylation is 1. The van der Waals surface area contributed by atoms with E-state index < -0.39 is 5.97 Å². The number of carboxylic acid groups (broad SMARTS) is 1. The third-order valence-corrected chi connectivity index (χ3v) is 5.28. The summed E-state index contributed by atoms with van der Waals surface area (Å²) in [4.78, 5) is 24.1. The first-order chi connectivity index (χ1) is 15.5. The van der Waals surface area contributed by atoms with Crippen molar-refractivity contribution in [2.45, 2.75) is 13.3 Å². The maximum Gasteiger partial charge on any atom is 0.328 e. The van der Waals surface area contributed by atoms with E-state index in [0.717, 1.165) is 34.7 Å². The van der Waals surface area contributed by atoms with Gasteiger partial charge in [-0.3, -0.25) is 9.36 Å². The highest BCUT2D eigenvalue weighted by molar-refractivity contribution is 6.05. The normalized spacial score (nSPS) is 11.2. The van der Waals surface area contributed by atoms with Gasteiger partial charge in [-0.1, -0.05) is 42.5 Å². The van der Waals surface area contributed by atoms with Crippen molar-refractivity contribution in [3.63, 3.8) is 0 Å².